The van der Waals surface area contributed by atoms with Gasteiger partial charge in [0.25, 0.3) is 0 Å². The van der Waals surface area contributed by atoms with Crippen LogP contribution in [0.5, 0.6) is 0 Å². The average Bonchev–Trinajstić information content (AvgIpc) is 0.711. The second kappa shape index (κ2) is 21.6. The van der Waals surface area contributed by atoms with Gasteiger partial charge in [0.15, 0.2) is 0 Å². The highest BCUT2D eigenvalue weighted by Crippen LogP contribution is 2.75. The minimum absolute atomic E-state index is 0.0424. The molecule has 2 unspecified atom stereocenters. The molecule has 4 bridgehead atoms. The molecule has 25 N–H and O–H groups in total. The van der Waals surface area contributed by atoms with Crippen LogP contribution >= 0.6 is 22.9 Å². The van der Waals surface area contributed by atoms with Crippen molar-refractivity contribution in [2.24, 2.45) is 21.7 Å². The largest absolute Gasteiger partial charge is 0.397 e. The van der Waals surface area contributed by atoms with Gasteiger partial charge in [-0.2, -0.15) is 0 Å². The number of carbonyl (C=O) groups is 4. The van der Waals surface area contributed by atoms with Crippen molar-refractivity contribution >= 4 is 137 Å². The fraction of sp³-hybridized carbons (Fsp3) is 0.188. The normalized spacial score (nSPS) is 20.0. The molecule has 20 nitrogen and oxygen atoms in total. The highest BCUT2D eigenvalue weighted by Gasteiger charge is 2.75. The minimum Gasteiger partial charge on any atom is -0.397 e. The predicted octanol–water partition coefficient (Wildman–Crippen LogP) is 10.6. The number of carbonyl (C=O) groups excluding carboxylic acids is 4. The first kappa shape index (κ1) is 56.8. The van der Waals surface area contributed by atoms with E-state index < -0.39 is 45.3 Å². The molecular formula is C64H67IN16O4. The van der Waals surface area contributed by atoms with Crippen LogP contribution in [0.4, 0.5) is 91.0 Å². The van der Waals surface area contributed by atoms with E-state index in [0.29, 0.717) is 51.1 Å². The van der Waals surface area contributed by atoms with Crippen molar-refractivity contribution in [3.05, 3.63) is 146 Å². The molecule has 4 amide bonds. The standard InChI is InChI=1S/C64H67IN16O4/c1-75-50-12-4-34(20-43(50)68)37-7-15-53(46(71)23-37)78-58(83)62-27-61(57(82)77-52-14-6-36(22-45(52)70)33-3-11-41(66)42(67)19-33)28-63(30-62,59(84)79-54-16-8-38(24-47(54)72)35-5-13-51(76-2)44(69)21-35)32-64(29-61,31-62)60(85)80-55-17-9-39(25-48(55)73)40-10-18-56(81-65)49(74)26-40/h3-26,75-76,81H,27-32,66-74H2,1-2H3,(H,77,82)(H,78,83)(H,79,84)(H,80,85). The highest BCUT2D eigenvalue weighted by molar-refractivity contribution is 14.1. The van der Waals surface area contributed by atoms with Crippen LogP contribution in [0.25, 0.3) is 44.5 Å². The summed E-state index contributed by atoms with van der Waals surface area (Å²) in [4.78, 5) is 63.3. The summed E-state index contributed by atoms with van der Waals surface area (Å²) in [5, 5.41) is 18.6. The number of nitrogens with two attached hydrogens (primary N) is 9. The second-order valence-corrected chi connectivity index (χ2v) is 23.6. The van der Waals surface area contributed by atoms with E-state index in [-0.39, 0.29) is 67.0 Å². The van der Waals surface area contributed by atoms with Crippen LogP contribution in [0.1, 0.15) is 38.5 Å². The van der Waals surface area contributed by atoms with Crippen LogP contribution in [0.3, 0.4) is 0 Å². The monoisotopic (exact) mass is 1250 g/mol. The highest BCUT2D eigenvalue weighted by atomic mass is 127. The van der Waals surface area contributed by atoms with Crippen LogP contribution in [0, 0.1) is 21.7 Å². The Morgan fingerprint density at radius 1 is 0.294 bits per heavy atom. The van der Waals surface area contributed by atoms with Gasteiger partial charge >= 0.3 is 0 Å². The molecule has 21 heteroatoms. The molecule has 434 valence electrons. The van der Waals surface area contributed by atoms with Crippen molar-refractivity contribution in [1.29, 1.82) is 0 Å². The van der Waals surface area contributed by atoms with Gasteiger partial charge in [-0.25, -0.2) is 0 Å². The number of hydrogen-bond acceptors (Lipinski definition) is 16. The molecule has 8 aromatic carbocycles. The third kappa shape index (κ3) is 10.4. The van der Waals surface area contributed by atoms with E-state index >= 15 is 19.2 Å². The summed E-state index contributed by atoms with van der Waals surface area (Å²) in [6.07, 6.45) is -0.260. The maximum atomic E-state index is 15.8. The number of rotatable bonds is 15. The van der Waals surface area contributed by atoms with E-state index in [0.717, 1.165) is 56.0 Å². The zero-order valence-electron chi connectivity index (χ0n) is 46.8. The third-order valence-electron chi connectivity index (χ3n) is 17.4. The van der Waals surface area contributed by atoms with E-state index in [1.54, 1.807) is 80.8 Å². The summed E-state index contributed by atoms with van der Waals surface area (Å²) in [6, 6.07) is 43.0. The molecule has 0 aromatic heterocycles. The minimum atomic E-state index is -1.55. The number of hydrogen-bond donors (Lipinski definition) is 16. The van der Waals surface area contributed by atoms with Crippen molar-refractivity contribution in [2.45, 2.75) is 38.5 Å². The Hall–Kier alpha value is -10.0. The van der Waals surface area contributed by atoms with Crippen molar-refractivity contribution in [3.63, 3.8) is 0 Å². The summed E-state index contributed by atoms with van der Waals surface area (Å²) in [6.45, 7) is 0. The third-order valence-corrected chi connectivity index (χ3v) is 18.0. The number of amides is 4. The smallest absolute Gasteiger partial charge is 0.230 e. The summed E-state index contributed by atoms with van der Waals surface area (Å²) in [7, 11) is 3.57. The van der Waals surface area contributed by atoms with E-state index in [9.17, 15) is 0 Å². The number of benzene rings is 8. The van der Waals surface area contributed by atoms with E-state index in [2.05, 4.69) is 35.4 Å². The fourth-order valence-electron chi connectivity index (χ4n) is 13.6. The molecule has 4 saturated carbocycles. The zero-order valence-corrected chi connectivity index (χ0v) is 49.0. The molecule has 0 heterocycles. The lowest BCUT2D eigenvalue weighted by molar-refractivity contribution is -0.201. The lowest BCUT2D eigenvalue weighted by Crippen LogP contribution is -2.70. The maximum absolute atomic E-state index is 15.8. The van der Waals surface area contributed by atoms with Crippen LogP contribution in [0.15, 0.2) is 146 Å². The number of anilines is 16. The van der Waals surface area contributed by atoms with Gasteiger partial charge in [-0.3, -0.25) is 19.2 Å². The number of halogens is 1. The van der Waals surface area contributed by atoms with Crippen LogP contribution < -0.4 is 87.0 Å². The number of nitrogens with one attached hydrogen (secondary N) is 7. The first-order chi connectivity index (χ1) is 40.6. The van der Waals surface area contributed by atoms with Crippen molar-refractivity contribution < 1.29 is 19.2 Å². The molecule has 0 aliphatic heterocycles. The molecule has 4 aliphatic rings. The van der Waals surface area contributed by atoms with Crippen molar-refractivity contribution in [2.75, 3.05) is 101 Å². The maximum Gasteiger partial charge on any atom is 0.230 e. The van der Waals surface area contributed by atoms with Gasteiger partial charge in [-0.15, -0.1) is 0 Å². The average molecular weight is 1250 g/mol. The lowest BCUT2D eigenvalue weighted by Gasteiger charge is -2.67. The molecule has 4 fully saturated rings. The van der Waals surface area contributed by atoms with E-state index in [4.69, 9.17) is 51.6 Å². The molecular weight excluding hydrogens is 1180 g/mol. The summed E-state index contributed by atoms with van der Waals surface area (Å²) >= 11 is 2.02. The SMILES string of the molecule is CNc1ccc(-c2ccc(NC(=O)C34CC5(C(=O)Nc6ccc(-c7ccc(N)c(N)c7)cc6N)CC(C(=O)Nc6ccc(-c7ccc(NC)c(N)c7)cc6N)(C3)CC(C(=O)Nc3ccc(-c6ccc(NI)c(N)c6)cc3N)(C5)C4)c(N)c2)cc1N. The van der Waals surface area contributed by atoms with Crippen molar-refractivity contribution in [3.8, 4) is 44.5 Å². The first-order valence-corrected chi connectivity index (χ1v) is 28.6. The van der Waals surface area contributed by atoms with Gasteiger partial charge in [0, 0.05) is 14.1 Å². The second-order valence-electron chi connectivity index (χ2n) is 23.1. The fourth-order valence-corrected chi connectivity index (χ4v) is 14.1. The molecule has 0 spiro atoms. The lowest BCUT2D eigenvalue weighted by atomic mass is 9.34. The van der Waals surface area contributed by atoms with Crippen LogP contribution in [-0.4, -0.2) is 37.7 Å². The molecule has 4 aliphatic carbocycles. The van der Waals surface area contributed by atoms with Gasteiger partial charge < -0.3 is 87.0 Å². The Morgan fingerprint density at radius 3 is 0.694 bits per heavy atom. The van der Waals surface area contributed by atoms with Gasteiger partial charge in [0.2, 0.25) is 23.6 Å². The Bertz CT molecular complexity index is 3750. The Kier molecular flexibility index (Phi) is 14.5. The molecule has 12 rings (SSSR count). The van der Waals surface area contributed by atoms with Crippen LogP contribution in [-0.2, 0) is 19.2 Å². The molecule has 85 heavy (non-hydrogen) atoms. The first-order valence-electron chi connectivity index (χ1n) is 27.5. The quantitative estimate of drug-likeness (QED) is 0.0258. The molecule has 8 aromatic rings. The summed E-state index contributed by atoms with van der Waals surface area (Å²) in [5.74, 6) is -2.09. The molecule has 2 atom stereocenters. The zero-order chi connectivity index (χ0) is 60.3. The Morgan fingerprint density at radius 2 is 0.494 bits per heavy atom. The van der Waals surface area contributed by atoms with Gasteiger partial charge in [0.05, 0.1) is 136 Å². The summed E-state index contributed by atoms with van der Waals surface area (Å²) < 4.78 is 3.04. The number of nitrogen functional groups attached to an aromatic ring is 9. The molecule has 0 radical (unpaired) electrons. The topological polar surface area (TPSA) is 387 Å². The summed E-state index contributed by atoms with van der Waals surface area (Å²) in [5.41, 5.74) is 65.1. The molecule has 0 saturated heterocycles. The van der Waals surface area contributed by atoms with E-state index in [1.165, 1.54) is 0 Å². The van der Waals surface area contributed by atoms with Gasteiger partial charge in [0.1, 0.15) is 0 Å². The van der Waals surface area contributed by atoms with Crippen LogP contribution in [0.2, 0.25) is 0 Å². The van der Waals surface area contributed by atoms with E-state index in [1.807, 2.05) is 102 Å². The Labute approximate surface area is 505 Å². The Balaban J connectivity index is 1.00. The van der Waals surface area contributed by atoms with Gasteiger partial charge in [-0.1, -0.05) is 48.5 Å². The van der Waals surface area contributed by atoms with Crippen molar-refractivity contribution in [1.82, 2.24) is 0 Å². The predicted molar refractivity (Wildman–Crippen MR) is 356 cm³/mol. The van der Waals surface area contributed by atoms with Gasteiger partial charge in [-0.05, 0) is 180 Å².